The third-order valence-corrected chi connectivity index (χ3v) is 4.82. The molecule has 0 unspecified atom stereocenters. The smallest absolute Gasteiger partial charge is 0.0886 e. The maximum atomic E-state index is 4.46. The molecule has 1 aliphatic rings. The number of hydrogen-bond acceptors (Lipinski definition) is 2. The zero-order chi connectivity index (χ0) is 15.2. The molecule has 0 aliphatic carbocycles. The average Bonchev–Trinajstić information content (AvgIpc) is 3.11. The van der Waals surface area contributed by atoms with Crippen LogP contribution in [0.4, 0.5) is 5.69 Å². The van der Waals surface area contributed by atoms with E-state index in [9.17, 15) is 0 Å². The first-order chi connectivity index (χ1) is 11.4. The molecule has 0 bridgehead atoms. The van der Waals surface area contributed by atoms with Crippen molar-refractivity contribution in [1.82, 2.24) is 5.01 Å². The summed E-state index contributed by atoms with van der Waals surface area (Å²) < 4.78 is 0. The van der Waals surface area contributed by atoms with Crippen molar-refractivity contribution in [1.29, 1.82) is 0 Å². The second-order valence-electron chi connectivity index (χ2n) is 6.33. The Bertz CT molecular complexity index is 965. The van der Waals surface area contributed by atoms with E-state index in [1.54, 1.807) is 0 Å². The Morgan fingerprint density at radius 3 is 1.91 bits per heavy atom. The van der Waals surface area contributed by atoms with Gasteiger partial charge in [0.25, 0.3) is 0 Å². The number of nitrogens with zero attached hydrogens (tertiary/aromatic N) is 3. The van der Waals surface area contributed by atoms with Crippen molar-refractivity contribution in [2.75, 3.05) is 13.1 Å². The van der Waals surface area contributed by atoms with Gasteiger partial charge < -0.3 is 0 Å². The minimum absolute atomic E-state index is 0.933. The molecule has 1 aliphatic heterocycles. The van der Waals surface area contributed by atoms with Gasteiger partial charge in [-0.05, 0) is 57.3 Å². The van der Waals surface area contributed by atoms with Crippen molar-refractivity contribution in [3.8, 4) is 0 Å². The fourth-order valence-corrected chi connectivity index (χ4v) is 3.70. The third kappa shape index (κ3) is 2.04. The number of hydrogen-bond donors (Lipinski definition) is 0. The zero-order valence-corrected chi connectivity index (χ0v) is 12.9. The second-order valence-corrected chi connectivity index (χ2v) is 6.33. The van der Waals surface area contributed by atoms with Gasteiger partial charge in [0.15, 0.2) is 0 Å². The molecule has 0 amide bonds. The molecule has 3 nitrogen and oxygen atoms in total. The van der Waals surface area contributed by atoms with E-state index in [1.165, 1.54) is 45.2 Å². The normalized spacial score (nSPS) is 15.7. The first kappa shape index (κ1) is 12.8. The van der Waals surface area contributed by atoms with E-state index in [0.29, 0.717) is 0 Å². The Labute approximate surface area is 134 Å². The topological polar surface area (TPSA) is 28.0 Å². The molecule has 112 valence electrons. The molecule has 1 saturated heterocycles. The van der Waals surface area contributed by atoms with Crippen LogP contribution >= 0.6 is 0 Å². The van der Waals surface area contributed by atoms with Crippen molar-refractivity contribution in [2.24, 2.45) is 10.3 Å². The molecule has 0 atom stereocenters. The molecule has 23 heavy (non-hydrogen) atoms. The summed E-state index contributed by atoms with van der Waals surface area (Å²) in [5, 5.41) is 18.7. The van der Waals surface area contributed by atoms with E-state index < -0.39 is 0 Å². The van der Waals surface area contributed by atoms with Crippen molar-refractivity contribution in [3.63, 3.8) is 0 Å². The molecule has 0 saturated carbocycles. The van der Waals surface area contributed by atoms with Gasteiger partial charge in [-0.1, -0.05) is 47.7 Å². The number of benzene rings is 4. The Morgan fingerprint density at radius 2 is 1.26 bits per heavy atom. The maximum absolute atomic E-state index is 4.46. The lowest BCUT2D eigenvalue weighted by Crippen LogP contribution is -2.09. The summed E-state index contributed by atoms with van der Waals surface area (Å²) in [5.74, 6) is 0. The first-order valence-electron chi connectivity index (χ1n) is 8.23. The van der Waals surface area contributed by atoms with Crippen molar-refractivity contribution < 1.29 is 0 Å². The van der Waals surface area contributed by atoms with Gasteiger partial charge in [-0.3, -0.25) is 5.01 Å². The predicted molar refractivity (Wildman–Crippen MR) is 95.5 cm³/mol. The quantitative estimate of drug-likeness (QED) is 0.346. The Hall–Kier alpha value is -2.68. The molecule has 4 aromatic carbocycles. The van der Waals surface area contributed by atoms with Crippen LogP contribution in [0.25, 0.3) is 32.3 Å². The molecule has 0 N–H and O–H groups in total. The van der Waals surface area contributed by atoms with Gasteiger partial charge >= 0.3 is 0 Å². The average molecular weight is 299 g/mol. The highest BCUT2D eigenvalue weighted by molar-refractivity contribution is 6.23. The third-order valence-electron chi connectivity index (χ3n) is 4.82. The lowest BCUT2D eigenvalue weighted by Gasteiger charge is -2.11. The van der Waals surface area contributed by atoms with E-state index >= 15 is 0 Å². The second kappa shape index (κ2) is 4.92. The minimum atomic E-state index is 0.933. The Morgan fingerprint density at radius 1 is 0.696 bits per heavy atom. The monoisotopic (exact) mass is 299 g/mol. The Kier molecular flexibility index (Phi) is 2.74. The van der Waals surface area contributed by atoms with Gasteiger partial charge in [-0.2, -0.15) is 0 Å². The molecule has 4 aromatic rings. The van der Waals surface area contributed by atoms with Gasteiger partial charge in [0.1, 0.15) is 0 Å². The van der Waals surface area contributed by atoms with Crippen molar-refractivity contribution in [3.05, 3.63) is 54.6 Å². The fourth-order valence-electron chi connectivity index (χ4n) is 3.70. The molecule has 0 radical (unpaired) electrons. The zero-order valence-electron chi connectivity index (χ0n) is 12.9. The molecule has 0 aromatic heterocycles. The predicted octanol–water partition coefficient (Wildman–Crippen LogP) is 5.68. The molecule has 1 heterocycles. The maximum Gasteiger partial charge on any atom is 0.0886 e. The van der Waals surface area contributed by atoms with Crippen LogP contribution in [0.2, 0.25) is 0 Å². The van der Waals surface area contributed by atoms with Crippen molar-refractivity contribution in [2.45, 2.75) is 12.8 Å². The summed E-state index contributed by atoms with van der Waals surface area (Å²) in [5.41, 5.74) is 0.933. The van der Waals surface area contributed by atoms with Gasteiger partial charge in [0, 0.05) is 13.1 Å². The molecular weight excluding hydrogens is 282 g/mol. The summed E-state index contributed by atoms with van der Waals surface area (Å²) in [7, 11) is 0. The summed E-state index contributed by atoms with van der Waals surface area (Å²) >= 11 is 0. The Balaban J connectivity index is 1.71. The SMILES string of the molecule is c1cc2ccc3cc(N=NN4CCCC4)cc4ccc(c1)c2c34. The van der Waals surface area contributed by atoms with Gasteiger partial charge in [-0.25, -0.2) is 0 Å². The molecular formula is C20H17N3. The molecule has 1 fully saturated rings. The fraction of sp³-hybridized carbons (Fsp3) is 0.200. The van der Waals surface area contributed by atoms with E-state index in [2.05, 4.69) is 69.9 Å². The molecule has 5 rings (SSSR count). The summed E-state index contributed by atoms with van der Waals surface area (Å²) in [4.78, 5) is 0. The van der Waals surface area contributed by atoms with Crippen LogP contribution in [0.15, 0.2) is 64.9 Å². The van der Waals surface area contributed by atoms with Crippen LogP contribution in [-0.2, 0) is 0 Å². The van der Waals surface area contributed by atoms with Gasteiger partial charge in [0.2, 0.25) is 0 Å². The summed E-state index contributed by atoms with van der Waals surface area (Å²) in [6.07, 6.45) is 2.44. The van der Waals surface area contributed by atoms with Crippen LogP contribution in [0.1, 0.15) is 12.8 Å². The van der Waals surface area contributed by atoms with Crippen LogP contribution in [0.3, 0.4) is 0 Å². The van der Waals surface area contributed by atoms with Gasteiger partial charge in [-0.15, -0.1) is 5.11 Å². The van der Waals surface area contributed by atoms with Crippen LogP contribution in [0.5, 0.6) is 0 Å². The highest BCUT2D eigenvalue weighted by atomic mass is 15.5. The van der Waals surface area contributed by atoms with Crippen molar-refractivity contribution >= 4 is 38.0 Å². The van der Waals surface area contributed by atoms with Crippen LogP contribution in [0, 0.1) is 0 Å². The standard InChI is InChI=1S/C20H17N3/c1-2-11-23(10-1)22-21-18-12-16-8-6-14-4-3-5-15-7-9-17(13-18)20(16)19(14)15/h3-9,12-13H,1-2,10-11H2. The lowest BCUT2D eigenvalue weighted by molar-refractivity contribution is 0.337. The van der Waals surface area contributed by atoms with Crippen LogP contribution in [-0.4, -0.2) is 18.1 Å². The highest BCUT2D eigenvalue weighted by Gasteiger charge is 2.10. The van der Waals surface area contributed by atoms with E-state index in [0.717, 1.165) is 18.8 Å². The molecule has 0 spiro atoms. The first-order valence-corrected chi connectivity index (χ1v) is 8.23. The van der Waals surface area contributed by atoms with Crippen LogP contribution < -0.4 is 0 Å². The van der Waals surface area contributed by atoms with E-state index in [1.807, 2.05) is 0 Å². The van der Waals surface area contributed by atoms with E-state index in [-0.39, 0.29) is 0 Å². The molecule has 3 heteroatoms. The summed E-state index contributed by atoms with van der Waals surface area (Å²) in [6, 6.07) is 19.6. The largest absolute Gasteiger partial charge is 0.278 e. The lowest BCUT2D eigenvalue weighted by atomic mass is 9.94. The minimum Gasteiger partial charge on any atom is -0.278 e. The summed E-state index contributed by atoms with van der Waals surface area (Å²) in [6.45, 7) is 2.05. The van der Waals surface area contributed by atoms with Gasteiger partial charge in [0.05, 0.1) is 5.69 Å². The van der Waals surface area contributed by atoms with E-state index in [4.69, 9.17) is 0 Å². The highest BCUT2D eigenvalue weighted by Crippen LogP contribution is 2.36. The number of rotatable bonds is 2.